The lowest BCUT2D eigenvalue weighted by Crippen LogP contribution is -2.73. The fraction of sp³-hybridized carbons (Fsp3) is 0.667. The van der Waals surface area contributed by atoms with Crippen LogP contribution in [0.25, 0.3) is 0 Å². The van der Waals surface area contributed by atoms with Crippen LogP contribution in [0.2, 0.25) is 0 Å². The van der Waals surface area contributed by atoms with Crippen LogP contribution in [0.3, 0.4) is 0 Å². The molecule has 1 spiro atoms. The number of anilines is 1. The fourth-order valence-corrected chi connectivity index (χ4v) is 8.61. The molecule has 5 fully saturated rings. The standard InChI is InChI=1S/C24H28Cl2N2O4/c1-3-12-13-8-16-21-24(14-6-4-5-7-15(14)27(21)2)9-17(20(13)22(24)31-18(29)10-25)28(16)23(12)32-19(30)11-26/h4-7,12-13,16-17,20-23H,3,8-11H2,1-2H3/t12-,13?,16-,17?,20?,21-,22?,23+,24?/m0/s1. The Morgan fingerprint density at radius 3 is 2.56 bits per heavy atom. The number of alkyl halides is 2. The van der Waals surface area contributed by atoms with Gasteiger partial charge >= 0.3 is 11.9 Å². The molecule has 6 unspecified atom stereocenters. The van der Waals surface area contributed by atoms with Crippen LogP contribution in [-0.4, -0.2) is 66.1 Å². The summed E-state index contributed by atoms with van der Waals surface area (Å²) in [4.78, 5) is 29.7. The average Bonchev–Trinajstić information content (AvgIpc) is 3.21. The van der Waals surface area contributed by atoms with Gasteiger partial charge in [-0.15, -0.1) is 23.2 Å². The van der Waals surface area contributed by atoms with Gasteiger partial charge in [0.2, 0.25) is 0 Å². The molecule has 4 saturated heterocycles. The summed E-state index contributed by atoms with van der Waals surface area (Å²) >= 11 is 11.7. The van der Waals surface area contributed by atoms with Gasteiger partial charge in [0.1, 0.15) is 17.9 Å². The topological polar surface area (TPSA) is 59.1 Å². The molecule has 1 aromatic rings. The van der Waals surface area contributed by atoms with E-state index in [1.165, 1.54) is 11.3 Å². The summed E-state index contributed by atoms with van der Waals surface area (Å²) in [6.45, 7) is 2.16. The first-order valence-electron chi connectivity index (χ1n) is 11.6. The maximum Gasteiger partial charge on any atom is 0.322 e. The van der Waals surface area contributed by atoms with Gasteiger partial charge in [-0.05, 0) is 36.8 Å². The summed E-state index contributed by atoms with van der Waals surface area (Å²) < 4.78 is 12.2. The molecule has 0 N–H and O–H groups in total. The van der Waals surface area contributed by atoms with Crippen molar-refractivity contribution in [3.05, 3.63) is 29.8 Å². The normalized spacial score (nSPS) is 44.4. The largest absolute Gasteiger partial charge is 0.460 e. The SMILES string of the molecule is CC[C@H]1C2C[C@H]3[C@@H]4N(C)c5ccccc5C45CC(C2C5OC(=O)CCl)N3[C@@H]1OC(=O)CCl. The van der Waals surface area contributed by atoms with Crippen molar-refractivity contribution in [1.82, 2.24) is 4.90 Å². The van der Waals surface area contributed by atoms with E-state index in [-0.39, 0.29) is 71.4 Å². The molecule has 5 bridgehead atoms. The third-order valence-electron chi connectivity index (χ3n) is 9.13. The van der Waals surface area contributed by atoms with Gasteiger partial charge in [0.15, 0.2) is 6.23 Å². The van der Waals surface area contributed by atoms with E-state index in [9.17, 15) is 9.59 Å². The van der Waals surface area contributed by atoms with Gasteiger partial charge in [-0.1, -0.05) is 25.1 Å². The van der Waals surface area contributed by atoms with Gasteiger partial charge in [0.05, 0.1) is 11.5 Å². The molecule has 172 valence electrons. The van der Waals surface area contributed by atoms with Crippen LogP contribution in [0.4, 0.5) is 5.69 Å². The van der Waals surface area contributed by atoms with Crippen LogP contribution < -0.4 is 4.90 Å². The molecule has 10 atom stereocenters. The zero-order valence-electron chi connectivity index (χ0n) is 18.2. The smallest absolute Gasteiger partial charge is 0.322 e. The summed E-state index contributed by atoms with van der Waals surface area (Å²) in [5, 5.41) is 0. The number of fused-ring (bicyclic) bond motifs is 2. The van der Waals surface area contributed by atoms with Crippen molar-refractivity contribution in [1.29, 1.82) is 0 Å². The number of halogens is 2. The van der Waals surface area contributed by atoms with E-state index in [1.54, 1.807) is 0 Å². The lowest BCUT2D eigenvalue weighted by Gasteiger charge is -2.62. The van der Waals surface area contributed by atoms with Gasteiger partial charge in [-0.3, -0.25) is 14.5 Å². The highest BCUT2D eigenvalue weighted by atomic mass is 35.5. The molecule has 1 aromatic carbocycles. The molecule has 6 nitrogen and oxygen atoms in total. The maximum atomic E-state index is 12.6. The molecule has 0 aromatic heterocycles. The molecule has 1 aliphatic carbocycles. The number of esters is 2. The third kappa shape index (κ3) is 2.41. The quantitative estimate of drug-likeness (QED) is 0.478. The van der Waals surface area contributed by atoms with Crippen molar-refractivity contribution in [3.8, 4) is 0 Å². The number of ether oxygens (including phenoxy) is 2. The lowest BCUT2D eigenvalue weighted by atomic mass is 9.62. The zero-order valence-corrected chi connectivity index (χ0v) is 19.8. The van der Waals surface area contributed by atoms with Gasteiger partial charge in [-0.25, -0.2) is 0 Å². The van der Waals surface area contributed by atoms with Crippen LogP contribution in [0.5, 0.6) is 0 Å². The molecule has 7 rings (SSSR count). The minimum Gasteiger partial charge on any atom is -0.460 e. The second-order valence-corrected chi connectivity index (χ2v) is 10.5. The fourth-order valence-electron chi connectivity index (χ4n) is 8.48. The van der Waals surface area contributed by atoms with E-state index in [0.717, 1.165) is 19.3 Å². The average molecular weight is 479 g/mol. The molecule has 0 radical (unpaired) electrons. The van der Waals surface area contributed by atoms with Crippen LogP contribution in [0.1, 0.15) is 31.7 Å². The van der Waals surface area contributed by atoms with Crippen LogP contribution in [0.15, 0.2) is 24.3 Å². The molecular weight excluding hydrogens is 451 g/mol. The predicted molar refractivity (Wildman–Crippen MR) is 121 cm³/mol. The van der Waals surface area contributed by atoms with E-state index in [1.807, 2.05) is 0 Å². The van der Waals surface area contributed by atoms with E-state index in [2.05, 4.69) is 48.0 Å². The molecule has 5 heterocycles. The van der Waals surface area contributed by atoms with Crippen molar-refractivity contribution in [2.45, 2.75) is 62.1 Å². The maximum absolute atomic E-state index is 12.6. The lowest BCUT2D eigenvalue weighted by molar-refractivity contribution is -0.228. The highest BCUT2D eigenvalue weighted by Crippen LogP contribution is 2.70. The molecule has 32 heavy (non-hydrogen) atoms. The Balaban J connectivity index is 1.52. The number of carbonyl (C=O) groups excluding carboxylic acids is 2. The minimum atomic E-state index is -0.365. The summed E-state index contributed by atoms with van der Waals surface area (Å²) in [6, 6.07) is 9.11. The summed E-state index contributed by atoms with van der Waals surface area (Å²) in [6.07, 6.45) is 2.32. The molecule has 8 heteroatoms. The Kier molecular flexibility index (Phi) is 4.77. The number of piperidine rings is 4. The number of hydrogen-bond donors (Lipinski definition) is 0. The number of nitrogens with zero attached hydrogens (tertiary/aromatic N) is 2. The molecule has 5 aliphatic heterocycles. The number of rotatable bonds is 5. The highest BCUT2D eigenvalue weighted by Gasteiger charge is 2.78. The summed E-state index contributed by atoms with van der Waals surface area (Å²) in [5.74, 6) is -0.263. The number of para-hydroxylation sites is 1. The van der Waals surface area contributed by atoms with Gasteiger partial charge < -0.3 is 14.4 Å². The molecular formula is C24H28Cl2N2O4. The van der Waals surface area contributed by atoms with E-state index in [0.29, 0.717) is 5.92 Å². The van der Waals surface area contributed by atoms with Crippen LogP contribution in [0, 0.1) is 17.8 Å². The Bertz CT molecular complexity index is 975. The van der Waals surface area contributed by atoms with Crippen molar-refractivity contribution in [3.63, 3.8) is 0 Å². The molecule has 0 amide bonds. The first-order valence-corrected chi connectivity index (χ1v) is 12.7. The van der Waals surface area contributed by atoms with Crippen molar-refractivity contribution in [2.24, 2.45) is 17.8 Å². The second-order valence-electron chi connectivity index (χ2n) is 10.0. The number of likely N-dealkylation sites (N-methyl/N-ethyl adjacent to an activating group) is 1. The van der Waals surface area contributed by atoms with Gasteiger partial charge in [0.25, 0.3) is 0 Å². The molecule has 6 aliphatic rings. The highest BCUT2D eigenvalue weighted by molar-refractivity contribution is 6.26. The third-order valence-corrected chi connectivity index (χ3v) is 9.56. The van der Waals surface area contributed by atoms with E-state index >= 15 is 0 Å². The van der Waals surface area contributed by atoms with Crippen molar-refractivity contribution < 1.29 is 19.1 Å². The Morgan fingerprint density at radius 2 is 1.84 bits per heavy atom. The van der Waals surface area contributed by atoms with Crippen LogP contribution >= 0.6 is 23.2 Å². The van der Waals surface area contributed by atoms with Gasteiger partial charge in [-0.2, -0.15) is 0 Å². The predicted octanol–water partition coefficient (Wildman–Crippen LogP) is 3.13. The van der Waals surface area contributed by atoms with E-state index in [4.69, 9.17) is 32.7 Å². The monoisotopic (exact) mass is 478 g/mol. The Morgan fingerprint density at radius 1 is 1.12 bits per heavy atom. The summed E-state index contributed by atoms with van der Waals surface area (Å²) in [5.41, 5.74) is 2.22. The first-order chi connectivity index (χ1) is 15.5. The number of benzene rings is 1. The van der Waals surface area contributed by atoms with E-state index < -0.39 is 0 Å². The second kappa shape index (κ2) is 7.25. The first kappa shape index (κ1) is 21.1. The van der Waals surface area contributed by atoms with Gasteiger partial charge in [0, 0.05) is 36.7 Å². The summed E-state index contributed by atoms with van der Waals surface area (Å²) in [7, 11) is 2.15. The van der Waals surface area contributed by atoms with Crippen LogP contribution in [-0.2, 0) is 24.5 Å². The van der Waals surface area contributed by atoms with Crippen molar-refractivity contribution in [2.75, 3.05) is 23.7 Å². The Labute approximate surface area is 198 Å². The number of hydrogen-bond acceptors (Lipinski definition) is 6. The zero-order chi connectivity index (χ0) is 22.4. The number of carbonyl (C=O) groups is 2. The molecule has 1 saturated carbocycles. The minimum absolute atomic E-state index is 0.140. The Hall–Kier alpha value is -1.50. The van der Waals surface area contributed by atoms with Crippen molar-refractivity contribution >= 4 is 40.8 Å².